The summed E-state index contributed by atoms with van der Waals surface area (Å²) >= 11 is 0. The molecule has 3 saturated carbocycles. The van der Waals surface area contributed by atoms with E-state index in [1.165, 1.54) is 25.7 Å². The van der Waals surface area contributed by atoms with Gasteiger partial charge in [0.2, 0.25) is 0 Å². The molecule has 134 valence electrons. The Bertz CT molecular complexity index is 861. The molecule has 1 amide bonds. The van der Waals surface area contributed by atoms with E-state index >= 15 is 0 Å². The van der Waals surface area contributed by atoms with Crippen LogP contribution in [0.4, 0.5) is 0 Å². The molecule has 2 aromatic rings. The standard InChI is InChI=1S/C22H24N2O2/c25-21-17(10-11-20(23-21)16-4-2-1-3-5-16)22(26)24-12-18-14-6-7-15(9-8-14)19(18)13-24/h1-5,10-11,14-15,18-19H,6-9,12-13H2,(H,23,25)/t14?,15?,18-,19+. The summed E-state index contributed by atoms with van der Waals surface area (Å²) in [6.45, 7) is 1.68. The van der Waals surface area contributed by atoms with E-state index in [0.29, 0.717) is 11.8 Å². The molecule has 0 spiro atoms. The van der Waals surface area contributed by atoms with Crippen molar-refractivity contribution >= 4 is 5.91 Å². The summed E-state index contributed by atoms with van der Waals surface area (Å²) in [5, 5.41) is 0. The first-order valence-electron chi connectivity index (χ1n) is 9.79. The Morgan fingerprint density at radius 1 is 0.885 bits per heavy atom. The van der Waals surface area contributed by atoms with Gasteiger partial charge in [-0.25, -0.2) is 0 Å². The van der Waals surface area contributed by atoms with Crippen molar-refractivity contribution < 1.29 is 4.79 Å². The third-order valence-electron chi connectivity index (χ3n) is 6.95. The number of hydrogen-bond acceptors (Lipinski definition) is 2. The van der Waals surface area contributed by atoms with Gasteiger partial charge in [-0.05, 0) is 67.1 Å². The lowest BCUT2D eigenvalue weighted by Crippen LogP contribution is -2.38. The third kappa shape index (κ3) is 2.51. The number of benzene rings is 1. The van der Waals surface area contributed by atoms with Crippen molar-refractivity contribution in [2.45, 2.75) is 25.7 Å². The maximum Gasteiger partial charge on any atom is 0.261 e. The number of aromatic amines is 1. The Morgan fingerprint density at radius 3 is 2.08 bits per heavy atom. The van der Waals surface area contributed by atoms with E-state index in [1.807, 2.05) is 41.3 Å². The van der Waals surface area contributed by atoms with Crippen molar-refractivity contribution in [3.63, 3.8) is 0 Å². The number of pyridine rings is 1. The highest BCUT2D eigenvalue weighted by Gasteiger charge is 2.49. The van der Waals surface area contributed by atoms with E-state index < -0.39 is 0 Å². The highest BCUT2D eigenvalue weighted by molar-refractivity contribution is 5.94. The van der Waals surface area contributed by atoms with E-state index in [-0.39, 0.29) is 17.0 Å². The van der Waals surface area contributed by atoms with Crippen LogP contribution in [0, 0.1) is 23.7 Å². The van der Waals surface area contributed by atoms with Gasteiger partial charge in [0, 0.05) is 18.8 Å². The summed E-state index contributed by atoms with van der Waals surface area (Å²) in [4.78, 5) is 30.4. The monoisotopic (exact) mass is 348 g/mol. The molecule has 2 bridgehead atoms. The molecule has 1 N–H and O–H groups in total. The molecule has 4 fully saturated rings. The summed E-state index contributed by atoms with van der Waals surface area (Å²) in [5.41, 5.74) is 1.69. The van der Waals surface area contributed by atoms with Crippen LogP contribution < -0.4 is 5.56 Å². The van der Waals surface area contributed by atoms with Crippen molar-refractivity contribution in [1.29, 1.82) is 0 Å². The topological polar surface area (TPSA) is 53.2 Å². The normalized spacial score (nSPS) is 29.6. The van der Waals surface area contributed by atoms with Crippen molar-refractivity contribution in [2.75, 3.05) is 13.1 Å². The molecule has 4 heteroatoms. The van der Waals surface area contributed by atoms with Crippen LogP contribution in [0.2, 0.25) is 0 Å². The molecule has 1 aromatic heterocycles. The fraction of sp³-hybridized carbons (Fsp3) is 0.455. The summed E-state index contributed by atoms with van der Waals surface area (Å²) < 4.78 is 0. The highest BCUT2D eigenvalue weighted by atomic mass is 16.2. The SMILES string of the molecule is O=C(c1ccc(-c2ccccc2)[nH]c1=O)N1C[C@@H]2C3CCC(CC3)[C@@H]2C1. The third-order valence-corrected chi connectivity index (χ3v) is 6.95. The molecular formula is C22H24N2O2. The second-order valence-corrected chi connectivity index (χ2v) is 8.19. The Hall–Kier alpha value is -2.36. The van der Waals surface area contributed by atoms with Crippen LogP contribution in [-0.4, -0.2) is 28.9 Å². The zero-order valence-electron chi connectivity index (χ0n) is 14.9. The molecule has 2 atom stereocenters. The van der Waals surface area contributed by atoms with Crippen LogP contribution in [0.25, 0.3) is 11.3 Å². The maximum absolute atomic E-state index is 13.0. The average molecular weight is 348 g/mol. The Morgan fingerprint density at radius 2 is 1.50 bits per heavy atom. The summed E-state index contributed by atoms with van der Waals surface area (Å²) in [6, 6.07) is 13.3. The van der Waals surface area contributed by atoms with Crippen LogP contribution in [0.5, 0.6) is 0 Å². The van der Waals surface area contributed by atoms with E-state index in [1.54, 1.807) is 6.07 Å². The Labute approximate surface area is 153 Å². The van der Waals surface area contributed by atoms with Crippen LogP contribution in [0.1, 0.15) is 36.0 Å². The smallest absolute Gasteiger partial charge is 0.261 e. The fourth-order valence-electron chi connectivity index (χ4n) is 5.62. The van der Waals surface area contributed by atoms with Crippen LogP contribution >= 0.6 is 0 Å². The number of H-pyrrole nitrogens is 1. The molecule has 4 nitrogen and oxygen atoms in total. The molecule has 2 heterocycles. The predicted octanol–water partition coefficient (Wildman–Crippen LogP) is 3.55. The van der Waals surface area contributed by atoms with E-state index in [9.17, 15) is 9.59 Å². The molecular weight excluding hydrogens is 324 g/mol. The molecule has 6 rings (SSSR count). The number of rotatable bonds is 2. The molecule has 4 aliphatic rings. The molecule has 1 saturated heterocycles. The largest absolute Gasteiger partial charge is 0.338 e. The lowest BCUT2D eigenvalue weighted by Gasteiger charge is -2.44. The number of amides is 1. The number of carbonyl (C=O) groups is 1. The van der Waals surface area contributed by atoms with Gasteiger partial charge in [0.15, 0.2) is 0 Å². The van der Waals surface area contributed by atoms with Gasteiger partial charge in [0.1, 0.15) is 5.56 Å². The van der Waals surface area contributed by atoms with Gasteiger partial charge in [-0.2, -0.15) is 0 Å². The quantitative estimate of drug-likeness (QED) is 0.902. The zero-order valence-corrected chi connectivity index (χ0v) is 14.9. The molecule has 3 aliphatic carbocycles. The van der Waals surface area contributed by atoms with Crippen LogP contribution in [-0.2, 0) is 0 Å². The number of nitrogens with one attached hydrogen (secondary N) is 1. The average Bonchev–Trinajstić information content (AvgIpc) is 3.17. The fourth-order valence-corrected chi connectivity index (χ4v) is 5.62. The van der Waals surface area contributed by atoms with Crippen molar-refractivity contribution in [1.82, 2.24) is 9.88 Å². The van der Waals surface area contributed by atoms with Crippen molar-refractivity contribution in [3.05, 3.63) is 58.4 Å². The van der Waals surface area contributed by atoms with Gasteiger partial charge >= 0.3 is 0 Å². The molecule has 26 heavy (non-hydrogen) atoms. The summed E-state index contributed by atoms with van der Waals surface area (Å²) in [6.07, 6.45) is 5.33. The number of hydrogen-bond donors (Lipinski definition) is 1. The zero-order chi connectivity index (χ0) is 17.7. The number of carbonyl (C=O) groups excluding carboxylic acids is 1. The van der Waals surface area contributed by atoms with Gasteiger partial charge < -0.3 is 9.88 Å². The van der Waals surface area contributed by atoms with Crippen LogP contribution in [0.15, 0.2) is 47.3 Å². The molecule has 1 aromatic carbocycles. The Kier molecular flexibility index (Phi) is 3.73. The first-order chi connectivity index (χ1) is 12.7. The van der Waals surface area contributed by atoms with Crippen LogP contribution in [0.3, 0.4) is 0 Å². The lowest BCUT2D eigenvalue weighted by atomic mass is 9.60. The van der Waals surface area contributed by atoms with Gasteiger partial charge in [-0.15, -0.1) is 0 Å². The second kappa shape index (κ2) is 6.11. The summed E-state index contributed by atoms with van der Waals surface area (Å²) in [5.74, 6) is 2.81. The predicted molar refractivity (Wildman–Crippen MR) is 101 cm³/mol. The van der Waals surface area contributed by atoms with Gasteiger partial charge in [0.25, 0.3) is 11.5 Å². The number of likely N-dealkylation sites (tertiary alicyclic amines) is 1. The van der Waals surface area contributed by atoms with Gasteiger partial charge in [-0.1, -0.05) is 30.3 Å². The minimum atomic E-state index is -0.283. The van der Waals surface area contributed by atoms with E-state index in [4.69, 9.17) is 0 Å². The van der Waals surface area contributed by atoms with Crippen molar-refractivity contribution in [3.8, 4) is 11.3 Å². The van der Waals surface area contributed by atoms with Gasteiger partial charge in [-0.3, -0.25) is 9.59 Å². The van der Waals surface area contributed by atoms with E-state index in [0.717, 1.165) is 36.2 Å². The Balaban J connectivity index is 1.39. The first-order valence-corrected chi connectivity index (χ1v) is 9.79. The maximum atomic E-state index is 13.0. The van der Waals surface area contributed by atoms with Gasteiger partial charge in [0.05, 0.1) is 0 Å². The minimum absolute atomic E-state index is 0.0975. The number of fused-ring (bicyclic) bond motifs is 2. The lowest BCUT2D eigenvalue weighted by molar-refractivity contribution is 0.0577. The molecule has 1 aliphatic heterocycles. The molecule has 0 unspecified atom stereocenters. The first kappa shape index (κ1) is 15.9. The van der Waals surface area contributed by atoms with Crippen molar-refractivity contribution in [2.24, 2.45) is 23.7 Å². The molecule has 0 radical (unpaired) electrons. The number of nitrogens with zero attached hydrogens (tertiary/aromatic N) is 1. The number of aromatic nitrogens is 1. The minimum Gasteiger partial charge on any atom is -0.338 e. The summed E-state index contributed by atoms with van der Waals surface area (Å²) in [7, 11) is 0. The highest BCUT2D eigenvalue weighted by Crippen LogP contribution is 2.51. The second-order valence-electron chi connectivity index (χ2n) is 8.19. The van der Waals surface area contributed by atoms with E-state index in [2.05, 4.69) is 4.98 Å².